The third kappa shape index (κ3) is 3.69. The maximum absolute atomic E-state index is 12.2. The van der Waals surface area contributed by atoms with Crippen molar-refractivity contribution in [1.82, 2.24) is 15.3 Å². The molecule has 0 saturated heterocycles. The third-order valence-corrected chi connectivity index (χ3v) is 4.31. The summed E-state index contributed by atoms with van der Waals surface area (Å²) >= 11 is 1.41. The van der Waals surface area contributed by atoms with E-state index in [1.165, 1.54) is 24.8 Å². The van der Waals surface area contributed by atoms with Crippen LogP contribution in [0.15, 0.2) is 18.6 Å². The zero-order valence-corrected chi connectivity index (χ0v) is 12.9. The number of imidazole rings is 1. The van der Waals surface area contributed by atoms with E-state index >= 15 is 0 Å². The van der Waals surface area contributed by atoms with Gasteiger partial charge in [-0.05, 0) is 25.5 Å². The van der Waals surface area contributed by atoms with Crippen molar-refractivity contribution in [3.63, 3.8) is 0 Å². The Hall–Kier alpha value is -2.15. The lowest BCUT2D eigenvalue weighted by atomic mass is 10.1. The first-order chi connectivity index (χ1) is 10.0. The molecule has 0 unspecified atom stereocenters. The van der Waals surface area contributed by atoms with Crippen LogP contribution in [0.2, 0.25) is 0 Å². The van der Waals surface area contributed by atoms with Crippen molar-refractivity contribution in [2.24, 2.45) is 0 Å². The molecule has 0 bridgehead atoms. The second-order valence-corrected chi connectivity index (χ2v) is 5.94. The molecule has 0 saturated carbocycles. The van der Waals surface area contributed by atoms with E-state index in [-0.39, 0.29) is 5.91 Å². The van der Waals surface area contributed by atoms with Crippen LogP contribution >= 0.6 is 11.3 Å². The minimum absolute atomic E-state index is 0.272. The molecule has 1 amide bonds. The second kappa shape index (κ2) is 6.53. The molecule has 7 heteroatoms. The highest BCUT2D eigenvalue weighted by Gasteiger charge is 2.24. The Morgan fingerprint density at radius 3 is 2.76 bits per heavy atom. The largest absolute Gasteiger partial charge is 0.467 e. The Kier molecular flexibility index (Phi) is 4.74. The number of amides is 1. The van der Waals surface area contributed by atoms with E-state index in [0.717, 1.165) is 16.1 Å². The fourth-order valence-electron chi connectivity index (χ4n) is 1.87. The van der Waals surface area contributed by atoms with Crippen LogP contribution < -0.4 is 5.32 Å². The molecule has 0 aromatic carbocycles. The highest BCUT2D eigenvalue weighted by atomic mass is 32.1. The molecule has 112 valence electrons. The van der Waals surface area contributed by atoms with Crippen molar-refractivity contribution in [2.75, 3.05) is 7.11 Å². The van der Waals surface area contributed by atoms with Crippen LogP contribution in [-0.2, 0) is 16.0 Å². The van der Waals surface area contributed by atoms with E-state index in [9.17, 15) is 9.59 Å². The average Bonchev–Trinajstić information content (AvgIpc) is 3.08. The molecule has 0 aliphatic heterocycles. The zero-order chi connectivity index (χ0) is 15.4. The molecule has 2 aromatic rings. The van der Waals surface area contributed by atoms with E-state index in [2.05, 4.69) is 15.3 Å². The number of hydrogen-bond acceptors (Lipinski definition) is 5. The van der Waals surface area contributed by atoms with E-state index in [4.69, 9.17) is 4.74 Å². The Bertz CT molecular complexity index is 614. The van der Waals surface area contributed by atoms with Gasteiger partial charge in [-0.2, -0.15) is 0 Å². The van der Waals surface area contributed by atoms with Crippen molar-refractivity contribution < 1.29 is 14.3 Å². The Balaban J connectivity index is 2.10. The highest BCUT2D eigenvalue weighted by molar-refractivity contribution is 7.14. The molecule has 0 fully saturated rings. The summed E-state index contributed by atoms with van der Waals surface area (Å²) in [5.74, 6) is -0.755. The normalized spacial score (nSPS) is 12.0. The summed E-state index contributed by atoms with van der Waals surface area (Å²) in [6.07, 6.45) is 3.45. The number of hydrogen-bond donors (Lipinski definition) is 2. The maximum Gasteiger partial charge on any atom is 0.328 e. The quantitative estimate of drug-likeness (QED) is 0.822. The van der Waals surface area contributed by atoms with Crippen molar-refractivity contribution in [3.8, 4) is 0 Å². The van der Waals surface area contributed by atoms with Gasteiger partial charge in [0.05, 0.1) is 18.3 Å². The highest BCUT2D eigenvalue weighted by Crippen LogP contribution is 2.20. The van der Waals surface area contributed by atoms with Gasteiger partial charge in [-0.1, -0.05) is 0 Å². The van der Waals surface area contributed by atoms with Gasteiger partial charge in [0.25, 0.3) is 5.91 Å². The van der Waals surface area contributed by atoms with Crippen LogP contribution in [0, 0.1) is 13.8 Å². The molecule has 2 N–H and O–H groups in total. The number of aromatic amines is 1. The number of carbonyl (C=O) groups is 2. The van der Waals surface area contributed by atoms with Crippen LogP contribution in [-0.4, -0.2) is 35.0 Å². The molecule has 0 aliphatic carbocycles. The molecule has 0 aliphatic rings. The monoisotopic (exact) mass is 307 g/mol. The maximum atomic E-state index is 12.2. The topological polar surface area (TPSA) is 84.1 Å². The Labute approximate surface area is 126 Å². The van der Waals surface area contributed by atoms with Gasteiger partial charge in [0, 0.05) is 23.2 Å². The molecule has 2 heterocycles. The number of nitrogens with one attached hydrogen (secondary N) is 2. The fraction of sp³-hybridized carbons (Fsp3) is 0.357. The van der Waals surface area contributed by atoms with Gasteiger partial charge >= 0.3 is 5.97 Å². The lowest BCUT2D eigenvalue weighted by molar-refractivity contribution is -0.142. The molecule has 2 aromatic heterocycles. The first-order valence-corrected chi connectivity index (χ1v) is 7.26. The van der Waals surface area contributed by atoms with Crippen LogP contribution in [0.4, 0.5) is 0 Å². The third-order valence-electron chi connectivity index (χ3n) is 3.16. The van der Waals surface area contributed by atoms with Crippen molar-refractivity contribution in [3.05, 3.63) is 39.6 Å². The van der Waals surface area contributed by atoms with Gasteiger partial charge in [0.1, 0.15) is 6.04 Å². The number of aromatic nitrogens is 2. The van der Waals surface area contributed by atoms with E-state index in [0.29, 0.717) is 11.3 Å². The molecule has 0 radical (unpaired) electrons. The lowest BCUT2D eigenvalue weighted by Crippen LogP contribution is -2.42. The van der Waals surface area contributed by atoms with E-state index < -0.39 is 12.0 Å². The van der Waals surface area contributed by atoms with Crippen LogP contribution in [0.25, 0.3) is 0 Å². The smallest absolute Gasteiger partial charge is 0.328 e. The van der Waals surface area contributed by atoms with Gasteiger partial charge in [-0.15, -0.1) is 11.3 Å². The number of esters is 1. The summed E-state index contributed by atoms with van der Waals surface area (Å²) in [5.41, 5.74) is 1.82. The number of rotatable bonds is 5. The zero-order valence-electron chi connectivity index (χ0n) is 12.1. The predicted octanol–water partition coefficient (Wildman–Crippen LogP) is 1.60. The Morgan fingerprint density at radius 2 is 2.24 bits per heavy atom. The number of carbonyl (C=O) groups excluding carboxylic acids is 2. The average molecular weight is 307 g/mol. The molecule has 0 spiro atoms. The van der Waals surface area contributed by atoms with E-state index in [1.807, 2.05) is 19.9 Å². The molecule has 2 rings (SSSR count). The first-order valence-electron chi connectivity index (χ1n) is 6.44. The van der Waals surface area contributed by atoms with Crippen molar-refractivity contribution in [1.29, 1.82) is 0 Å². The summed E-state index contributed by atoms with van der Waals surface area (Å²) in [7, 11) is 1.30. The van der Waals surface area contributed by atoms with Crippen LogP contribution in [0.3, 0.4) is 0 Å². The molecule has 21 heavy (non-hydrogen) atoms. The molecular weight excluding hydrogens is 290 g/mol. The first kappa shape index (κ1) is 15.2. The van der Waals surface area contributed by atoms with Gasteiger partial charge in [0.2, 0.25) is 0 Å². The van der Waals surface area contributed by atoms with Crippen LogP contribution in [0.5, 0.6) is 0 Å². The molecule has 1 atom stereocenters. The SMILES string of the molecule is COC(=O)[C@H](Cc1cnc[nH]1)NC(=O)c1cc(C)c(C)s1. The predicted molar refractivity (Wildman–Crippen MR) is 79.4 cm³/mol. The minimum atomic E-state index is -0.745. The van der Waals surface area contributed by atoms with Crippen LogP contribution in [0.1, 0.15) is 25.8 Å². The second-order valence-electron chi connectivity index (χ2n) is 4.68. The van der Waals surface area contributed by atoms with Crippen molar-refractivity contribution in [2.45, 2.75) is 26.3 Å². The number of H-pyrrole nitrogens is 1. The van der Waals surface area contributed by atoms with Gasteiger partial charge < -0.3 is 15.0 Å². The number of methoxy groups -OCH3 is 1. The summed E-state index contributed by atoms with van der Waals surface area (Å²) in [4.78, 5) is 32.5. The van der Waals surface area contributed by atoms with Gasteiger partial charge in [-0.25, -0.2) is 9.78 Å². The van der Waals surface area contributed by atoms with Gasteiger partial charge in [-0.3, -0.25) is 4.79 Å². The summed E-state index contributed by atoms with van der Waals surface area (Å²) < 4.78 is 4.74. The molecular formula is C14H17N3O3S. The number of nitrogens with zero attached hydrogens (tertiary/aromatic N) is 1. The Morgan fingerprint density at radius 1 is 1.48 bits per heavy atom. The van der Waals surface area contributed by atoms with Crippen molar-refractivity contribution >= 4 is 23.2 Å². The minimum Gasteiger partial charge on any atom is -0.467 e. The summed E-state index contributed by atoms with van der Waals surface area (Å²) in [5, 5.41) is 2.71. The van der Waals surface area contributed by atoms with E-state index in [1.54, 1.807) is 6.20 Å². The van der Waals surface area contributed by atoms with Gasteiger partial charge in [0.15, 0.2) is 0 Å². The number of thiophene rings is 1. The number of ether oxygens (including phenoxy) is 1. The molecule has 6 nitrogen and oxygen atoms in total. The fourth-order valence-corrected chi connectivity index (χ4v) is 2.80. The summed E-state index contributed by atoms with van der Waals surface area (Å²) in [6.45, 7) is 3.91. The lowest BCUT2D eigenvalue weighted by Gasteiger charge is -2.15. The number of aryl methyl sites for hydroxylation is 2. The standard InChI is InChI=1S/C14H17N3O3S/c1-8-4-12(21-9(8)2)13(18)17-11(14(19)20-3)5-10-6-15-7-16-10/h4,6-7,11H,5H2,1-3H3,(H,15,16)(H,17,18)/t11-/m0/s1. The summed E-state index contributed by atoms with van der Waals surface area (Å²) in [6, 6.07) is 1.07.